The van der Waals surface area contributed by atoms with E-state index in [1.807, 2.05) is 24.5 Å². The van der Waals surface area contributed by atoms with Crippen LogP contribution in [-0.4, -0.2) is 23.2 Å². The molecule has 1 aromatic rings. The lowest BCUT2D eigenvalue weighted by molar-refractivity contribution is -0.115. The van der Waals surface area contributed by atoms with Crippen molar-refractivity contribution in [2.45, 2.75) is 11.3 Å². The number of hydrogen-bond donors (Lipinski definition) is 3. The molecule has 6 heteroatoms. The Hall–Kier alpha value is -1.69. The van der Waals surface area contributed by atoms with Crippen LogP contribution in [0, 0.1) is 0 Å². The summed E-state index contributed by atoms with van der Waals surface area (Å²) >= 11 is 1.54. The molecule has 1 aromatic carbocycles. The Kier molecular flexibility index (Phi) is 4.65. The third-order valence-corrected chi connectivity index (χ3v) is 2.65. The molecule has 0 heterocycles. The maximum atomic E-state index is 11.5. The molecule has 5 nitrogen and oxygen atoms in total. The molecule has 0 fully saturated rings. The van der Waals surface area contributed by atoms with Crippen molar-refractivity contribution >= 4 is 29.2 Å². The first kappa shape index (κ1) is 12.4. The van der Waals surface area contributed by atoms with E-state index in [9.17, 15) is 4.79 Å². The Balaban J connectivity index is 2.69. The smallest absolute Gasteiger partial charge is 0.232 e. The summed E-state index contributed by atoms with van der Waals surface area (Å²) in [5, 5.41) is 13.8. The van der Waals surface area contributed by atoms with Gasteiger partial charge in [-0.3, -0.25) is 4.79 Å². The van der Waals surface area contributed by atoms with E-state index >= 15 is 0 Å². The molecule has 16 heavy (non-hydrogen) atoms. The van der Waals surface area contributed by atoms with Crippen LogP contribution >= 0.6 is 11.8 Å². The van der Waals surface area contributed by atoms with Gasteiger partial charge >= 0.3 is 0 Å². The Bertz CT molecular complexity index is 407. The number of nitrogens with two attached hydrogens (primary N) is 1. The number of nitrogens with one attached hydrogen (secondary N) is 1. The van der Waals surface area contributed by atoms with Gasteiger partial charge in [0.05, 0.1) is 12.1 Å². The van der Waals surface area contributed by atoms with Crippen LogP contribution in [-0.2, 0) is 4.79 Å². The minimum Gasteiger partial charge on any atom is -0.409 e. The van der Waals surface area contributed by atoms with Crippen LogP contribution in [0.1, 0.15) is 6.42 Å². The van der Waals surface area contributed by atoms with E-state index in [4.69, 9.17) is 10.9 Å². The molecule has 0 aliphatic carbocycles. The van der Waals surface area contributed by atoms with Crippen molar-refractivity contribution in [3.05, 3.63) is 24.3 Å². The second kappa shape index (κ2) is 6.02. The third kappa shape index (κ3) is 3.47. The van der Waals surface area contributed by atoms with Crippen molar-refractivity contribution < 1.29 is 10.0 Å². The van der Waals surface area contributed by atoms with Crippen molar-refractivity contribution in [1.82, 2.24) is 0 Å². The highest BCUT2D eigenvalue weighted by molar-refractivity contribution is 7.98. The normalized spacial score (nSPS) is 11.2. The quantitative estimate of drug-likeness (QED) is 0.244. The zero-order valence-corrected chi connectivity index (χ0v) is 9.62. The largest absolute Gasteiger partial charge is 0.409 e. The van der Waals surface area contributed by atoms with Gasteiger partial charge < -0.3 is 16.3 Å². The van der Waals surface area contributed by atoms with Crippen LogP contribution in [0.4, 0.5) is 5.69 Å². The molecule has 1 amide bonds. The van der Waals surface area contributed by atoms with Crippen LogP contribution < -0.4 is 11.1 Å². The lowest BCUT2D eigenvalue weighted by atomic mass is 10.3. The molecule has 0 unspecified atom stereocenters. The van der Waals surface area contributed by atoms with Crippen molar-refractivity contribution in [3.63, 3.8) is 0 Å². The number of hydrogen-bond acceptors (Lipinski definition) is 4. The summed E-state index contributed by atoms with van der Waals surface area (Å²) in [6.45, 7) is 0. The summed E-state index contributed by atoms with van der Waals surface area (Å²) < 4.78 is 0. The molecule has 0 spiro atoms. The van der Waals surface area contributed by atoms with Gasteiger partial charge in [-0.05, 0) is 18.4 Å². The molecule has 0 bridgehead atoms. The van der Waals surface area contributed by atoms with E-state index in [1.165, 1.54) is 11.8 Å². The summed E-state index contributed by atoms with van der Waals surface area (Å²) in [6, 6.07) is 7.43. The zero-order valence-electron chi connectivity index (χ0n) is 8.80. The topological polar surface area (TPSA) is 87.7 Å². The zero-order chi connectivity index (χ0) is 12.0. The number of anilines is 1. The van der Waals surface area contributed by atoms with Crippen LogP contribution in [0.2, 0.25) is 0 Å². The molecular formula is C10H13N3O2S. The molecule has 0 aromatic heterocycles. The molecule has 0 atom stereocenters. The molecule has 1 rings (SSSR count). The van der Waals surface area contributed by atoms with Gasteiger partial charge in [0.15, 0.2) is 0 Å². The van der Waals surface area contributed by atoms with E-state index in [2.05, 4.69) is 10.5 Å². The van der Waals surface area contributed by atoms with Crippen LogP contribution in [0.15, 0.2) is 34.3 Å². The number of benzene rings is 1. The summed E-state index contributed by atoms with van der Waals surface area (Å²) in [6.07, 6.45) is 1.80. The van der Waals surface area contributed by atoms with Gasteiger partial charge in [-0.25, -0.2) is 0 Å². The highest BCUT2D eigenvalue weighted by Crippen LogP contribution is 2.24. The SMILES string of the molecule is CSc1ccccc1NC(=O)C/C(N)=N/O. The van der Waals surface area contributed by atoms with E-state index < -0.39 is 0 Å². The number of amides is 1. The van der Waals surface area contributed by atoms with Gasteiger partial charge in [0.1, 0.15) is 5.84 Å². The van der Waals surface area contributed by atoms with Gasteiger partial charge in [-0.15, -0.1) is 11.8 Å². The molecule has 0 radical (unpaired) electrons. The van der Waals surface area contributed by atoms with Gasteiger partial charge in [0.2, 0.25) is 5.91 Å². The number of nitrogens with zero attached hydrogens (tertiary/aromatic N) is 1. The van der Waals surface area contributed by atoms with E-state index in [0.717, 1.165) is 10.6 Å². The Labute approximate surface area is 97.7 Å². The monoisotopic (exact) mass is 239 g/mol. The predicted octanol–water partition coefficient (Wildman–Crippen LogP) is 1.48. The van der Waals surface area contributed by atoms with E-state index in [0.29, 0.717) is 0 Å². The fraction of sp³-hybridized carbons (Fsp3) is 0.200. The minimum atomic E-state index is -0.309. The molecule has 86 valence electrons. The van der Waals surface area contributed by atoms with Crippen molar-refractivity contribution in [3.8, 4) is 0 Å². The highest BCUT2D eigenvalue weighted by Gasteiger charge is 2.07. The Morgan fingerprint density at radius 1 is 1.56 bits per heavy atom. The summed E-state index contributed by atoms with van der Waals surface area (Å²) in [5.74, 6) is -0.420. The summed E-state index contributed by atoms with van der Waals surface area (Å²) in [4.78, 5) is 12.4. The number of rotatable bonds is 4. The van der Waals surface area contributed by atoms with Crippen molar-refractivity contribution in [1.29, 1.82) is 0 Å². The fourth-order valence-electron chi connectivity index (χ4n) is 1.14. The Morgan fingerprint density at radius 2 is 2.25 bits per heavy atom. The van der Waals surface area contributed by atoms with Crippen LogP contribution in [0.25, 0.3) is 0 Å². The lowest BCUT2D eigenvalue weighted by Gasteiger charge is -2.08. The fourth-order valence-corrected chi connectivity index (χ4v) is 1.70. The number of carbonyl (C=O) groups excluding carboxylic acids is 1. The van der Waals surface area contributed by atoms with Crippen LogP contribution in [0.3, 0.4) is 0 Å². The summed E-state index contributed by atoms with van der Waals surface area (Å²) in [5.41, 5.74) is 5.96. The van der Waals surface area contributed by atoms with E-state index in [-0.39, 0.29) is 18.2 Å². The first-order valence-corrected chi connectivity index (χ1v) is 5.79. The summed E-state index contributed by atoms with van der Waals surface area (Å²) in [7, 11) is 0. The van der Waals surface area contributed by atoms with Crippen LogP contribution in [0.5, 0.6) is 0 Å². The Morgan fingerprint density at radius 3 is 2.88 bits per heavy atom. The number of carbonyl (C=O) groups is 1. The number of amidine groups is 1. The highest BCUT2D eigenvalue weighted by atomic mass is 32.2. The molecule has 0 saturated heterocycles. The number of oxime groups is 1. The first-order chi connectivity index (χ1) is 7.67. The average Bonchev–Trinajstić information content (AvgIpc) is 2.29. The number of para-hydroxylation sites is 1. The van der Waals surface area contributed by atoms with Gasteiger partial charge in [-0.1, -0.05) is 17.3 Å². The maximum Gasteiger partial charge on any atom is 0.232 e. The van der Waals surface area contributed by atoms with Gasteiger partial charge in [0.25, 0.3) is 0 Å². The van der Waals surface area contributed by atoms with Gasteiger partial charge in [-0.2, -0.15) is 0 Å². The third-order valence-electron chi connectivity index (χ3n) is 1.85. The van der Waals surface area contributed by atoms with E-state index in [1.54, 1.807) is 6.07 Å². The minimum absolute atomic E-state index is 0.112. The molecule has 0 saturated carbocycles. The average molecular weight is 239 g/mol. The standard InChI is InChI=1S/C10H13N3O2S/c1-16-8-5-3-2-4-7(8)12-10(14)6-9(11)13-15/h2-5,15H,6H2,1H3,(H2,11,13)(H,12,14). The van der Waals surface area contributed by atoms with Gasteiger partial charge in [0, 0.05) is 4.90 Å². The second-order valence-corrected chi connectivity index (χ2v) is 3.86. The molecule has 0 aliphatic rings. The van der Waals surface area contributed by atoms with Crippen molar-refractivity contribution in [2.75, 3.05) is 11.6 Å². The molecular weight excluding hydrogens is 226 g/mol. The molecule has 0 aliphatic heterocycles. The van der Waals surface area contributed by atoms with Crippen molar-refractivity contribution in [2.24, 2.45) is 10.9 Å². The number of thioether (sulfide) groups is 1. The molecule has 4 N–H and O–H groups in total. The lowest BCUT2D eigenvalue weighted by Crippen LogP contribution is -2.22. The predicted molar refractivity (Wildman–Crippen MR) is 64.9 cm³/mol. The second-order valence-electron chi connectivity index (χ2n) is 3.02. The maximum absolute atomic E-state index is 11.5. The first-order valence-electron chi connectivity index (χ1n) is 4.56.